The molecule has 0 aromatic carbocycles. The Morgan fingerprint density at radius 1 is 1.05 bits per heavy atom. The number of nitrogens with zero attached hydrogens (tertiary/aromatic N) is 1. The third-order valence-corrected chi connectivity index (χ3v) is 2.55. The highest BCUT2D eigenvalue weighted by molar-refractivity contribution is 6.17. The second kappa shape index (κ2) is 5.50. The summed E-state index contributed by atoms with van der Waals surface area (Å²) in [6.07, 6.45) is 0.673. The van der Waals surface area contributed by atoms with Crippen molar-refractivity contribution in [3.8, 4) is 0 Å². The van der Waals surface area contributed by atoms with Gasteiger partial charge in [-0.25, -0.2) is 14.5 Å². The van der Waals surface area contributed by atoms with Crippen molar-refractivity contribution in [3.05, 3.63) is 11.6 Å². The average Bonchev–Trinajstić information content (AvgIpc) is 2.20. The molecule has 0 saturated carbocycles. The quantitative estimate of drug-likeness (QED) is 0.422. The van der Waals surface area contributed by atoms with Gasteiger partial charge in [-0.1, -0.05) is 6.08 Å². The van der Waals surface area contributed by atoms with Gasteiger partial charge >= 0.3 is 12.1 Å². The number of ether oxygens (including phenoxy) is 2. The molecule has 0 spiro atoms. The molecular weight excluding hydrogens is 274 g/mol. The standard InChI is InChI=1S/C15H23NO5/c1-8-9-10(12(18)20-14(2,3)4)16(11(9)17)13(19)21-15(5,6)7/h8,10H,1-7H3/b9-8-. The Bertz CT molecular complexity index is 493. The van der Waals surface area contributed by atoms with Crippen molar-refractivity contribution in [2.24, 2.45) is 0 Å². The molecular formula is C15H23NO5. The van der Waals surface area contributed by atoms with E-state index in [4.69, 9.17) is 9.47 Å². The van der Waals surface area contributed by atoms with E-state index in [1.165, 1.54) is 6.08 Å². The first-order valence-corrected chi connectivity index (χ1v) is 6.83. The Morgan fingerprint density at radius 3 is 1.90 bits per heavy atom. The van der Waals surface area contributed by atoms with Crippen molar-refractivity contribution in [2.45, 2.75) is 65.7 Å². The molecule has 6 nitrogen and oxygen atoms in total. The molecule has 1 aliphatic rings. The summed E-state index contributed by atoms with van der Waals surface area (Å²) in [6, 6.07) is -1.03. The number of likely N-dealkylation sites (tertiary alicyclic amines) is 1. The second-order valence-corrected chi connectivity index (χ2v) is 6.84. The average molecular weight is 297 g/mol. The lowest BCUT2D eigenvalue weighted by molar-refractivity contribution is -0.167. The van der Waals surface area contributed by atoms with Gasteiger partial charge in [0, 0.05) is 5.57 Å². The number of imide groups is 1. The lowest BCUT2D eigenvalue weighted by atomic mass is 9.94. The van der Waals surface area contributed by atoms with E-state index in [0.717, 1.165) is 4.90 Å². The number of carbonyl (C=O) groups excluding carboxylic acids is 3. The summed E-state index contributed by atoms with van der Waals surface area (Å²) >= 11 is 0. The van der Waals surface area contributed by atoms with Crippen LogP contribution in [0.1, 0.15) is 48.5 Å². The predicted octanol–water partition coefficient (Wildman–Crippen LogP) is 2.42. The summed E-state index contributed by atoms with van der Waals surface area (Å²) in [5.41, 5.74) is -1.20. The molecule has 1 unspecified atom stereocenters. The van der Waals surface area contributed by atoms with E-state index in [-0.39, 0.29) is 5.57 Å². The second-order valence-electron chi connectivity index (χ2n) is 6.84. The van der Waals surface area contributed by atoms with E-state index in [1.54, 1.807) is 48.5 Å². The molecule has 0 N–H and O–H groups in total. The van der Waals surface area contributed by atoms with Gasteiger partial charge in [0.25, 0.3) is 5.91 Å². The van der Waals surface area contributed by atoms with Gasteiger partial charge in [0.15, 0.2) is 6.04 Å². The van der Waals surface area contributed by atoms with Gasteiger partial charge in [0.1, 0.15) is 11.2 Å². The molecule has 1 fully saturated rings. The summed E-state index contributed by atoms with van der Waals surface area (Å²) in [4.78, 5) is 37.0. The maximum Gasteiger partial charge on any atom is 0.418 e. The fourth-order valence-corrected chi connectivity index (χ4v) is 1.82. The minimum atomic E-state index is -1.03. The van der Waals surface area contributed by atoms with E-state index in [1.807, 2.05) is 0 Å². The third kappa shape index (κ3) is 4.06. The Balaban J connectivity index is 2.95. The number of rotatable bonds is 1. The highest BCUT2D eigenvalue weighted by Gasteiger charge is 2.53. The van der Waals surface area contributed by atoms with Crippen LogP contribution in [0.15, 0.2) is 11.6 Å². The van der Waals surface area contributed by atoms with E-state index in [9.17, 15) is 14.4 Å². The van der Waals surface area contributed by atoms with Crippen LogP contribution in [0, 0.1) is 0 Å². The van der Waals surface area contributed by atoms with Crippen molar-refractivity contribution in [3.63, 3.8) is 0 Å². The van der Waals surface area contributed by atoms with Gasteiger partial charge in [-0.15, -0.1) is 0 Å². The molecule has 2 amide bonds. The topological polar surface area (TPSA) is 72.9 Å². The van der Waals surface area contributed by atoms with Crippen LogP contribution in [0.25, 0.3) is 0 Å². The summed E-state index contributed by atoms with van der Waals surface area (Å²) in [7, 11) is 0. The van der Waals surface area contributed by atoms with Crippen LogP contribution >= 0.6 is 0 Å². The molecule has 21 heavy (non-hydrogen) atoms. The molecule has 0 aromatic rings. The largest absolute Gasteiger partial charge is 0.458 e. The van der Waals surface area contributed by atoms with Crippen LogP contribution in [-0.4, -0.2) is 40.1 Å². The summed E-state index contributed by atoms with van der Waals surface area (Å²) in [5, 5.41) is 0. The molecule has 6 heteroatoms. The Morgan fingerprint density at radius 2 is 1.52 bits per heavy atom. The Hall–Kier alpha value is -1.85. The van der Waals surface area contributed by atoms with Gasteiger partial charge in [0.2, 0.25) is 0 Å². The maximum absolute atomic E-state index is 12.2. The lowest BCUT2D eigenvalue weighted by Gasteiger charge is -2.40. The van der Waals surface area contributed by atoms with E-state index in [0.29, 0.717) is 0 Å². The van der Waals surface area contributed by atoms with Crippen LogP contribution in [0.4, 0.5) is 4.79 Å². The SMILES string of the molecule is C/C=C1\C(=O)N(C(=O)OC(C)(C)C)C1C(=O)OC(C)(C)C. The van der Waals surface area contributed by atoms with Crippen molar-refractivity contribution < 1.29 is 23.9 Å². The first-order chi connectivity index (χ1) is 9.37. The summed E-state index contributed by atoms with van der Waals surface area (Å²) < 4.78 is 10.4. The molecule has 0 aliphatic carbocycles. The van der Waals surface area contributed by atoms with Crippen LogP contribution in [0.3, 0.4) is 0 Å². The highest BCUT2D eigenvalue weighted by atomic mass is 16.6. The molecule has 118 valence electrons. The van der Waals surface area contributed by atoms with Crippen molar-refractivity contribution in [2.75, 3.05) is 0 Å². The zero-order valence-corrected chi connectivity index (χ0v) is 13.6. The fourth-order valence-electron chi connectivity index (χ4n) is 1.82. The molecule has 0 aromatic heterocycles. The van der Waals surface area contributed by atoms with Gasteiger partial charge in [-0.2, -0.15) is 0 Å². The molecule has 1 atom stereocenters. The number of β-lactam (4-membered cyclic amide) rings is 1. The van der Waals surface area contributed by atoms with Crippen LogP contribution in [0.2, 0.25) is 0 Å². The monoisotopic (exact) mass is 297 g/mol. The first kappa shape index (κ1) is 17.2. The number of esters is 1. The maximum atomic E-state index is 12.2. The van der Waals surface area contributed by atoms with Crippen molar-refractivity contribution in [1.82, 2.24) is 4.90 Å². The fraction of sp³-hybridized carbons (Fsp3) is 0.667. The lowest BCUT2D eigenvalue weighted by Crippen LogP contribution is -2.63. The van der Waals surface area contributed by atoms with E-state index >= 15 is 0 Å². The van der Waals surface area contributed by atoms with E-state index < -0.39 is 35.2 Å². The van der Waals surface area contributed by atoms with Gasteiger partial charge in [-0.3, -0.25) is 4.79 Å². The number of allylic oxidation sites excluding steroid dienone is 1. The number of hydrogen-bond donors (Lipinski definition) is 0. The van der Waals surface area contributed by atoms with Crippen LogP contribution in [0.5, 0.6) is 0 Å². The molecule has 1 heterocycles. The summed E-state index contributed by atoms with van der Waals surface area (Å²) in [5.74, 6) is -1.16. The Kier molecular flexibility index (Phi) is 4.51. The van der Waals surface area contributed by atoms with Gasteiger partial charge < -0.3 is 9.47 Å². The smallest absolute Gasteiger partial charge is 0.418 e. The van der Waals surface area contributed by atoms with Crippen molar-refractivity contribution >= 4 is 18.0 Å². The number of carbonyl (C=O) groups is 3. The summed E-state index contributed by atoms with van der Waals surface area (Å²) in [6.45, 7) is 11.9. The molecule has 1 aliphatic heterocycles. The number of amides is 2. The zero-order valence-electron chi connectivity index (χ0n) is 13.6. The van der Waals surface area contributed by atoms with Gasteiger partial charge in [-0.05, 0) is 48.5 Å². The van der Waals surface area contributed by atoms with Gasteiger partial charge in [0.05, 0.1) is 0 Å². The normalized spacial score (nSPS) is 21.1. The van der Waals surface area contributed by atoms with Crippen LogP contribution in [-0.2, 0) is 19.1 Å². The highest BCUT2D eigenvalue weighted by Crippen LogP contribution is 2.30. The molecule has 1 rings (SSSR count). The molecule has 1 saturated heterocycles. The Labute approximate surface area is 125 Å². The molecule has 0 radical (unpaired) electrons. The first-order valence-electron chi connectivity index (χ1n) is 6.83. The third-order valence-electron chi connectivity index (χ3n) is 2.55. The zero-order chi connectivity index (χ0) is 16.6. The number of hydrogen-bond acceptors (Lipinski definition) is 5. The molecule has 0 bridgehead atoms. The van der Waals surface area contributed by atoms with E-state index in [2.05, 4.69) is 0 Å². The van der Waals surface area contributed by atoms with Crippen molar-refractivity contribution in [1.29, 1.82) is 0 Å². The predicted molar refractivity (Wildman–Crippen MR) is 76.5 cm³/mol. The van der Waals surface area contributed by atoms with Crippen LogP contribution < -0.4 is 0 Å². The minimum Gasteiger partial charge on any atom is -0.458 e. The minimum absolute atomic E-state index is 0.245.